The summed E-state index contributed by atoms with van der Waals surface area (Å²) < 4.78 is 4.45. The smallest absolute Gasteiger partial charge is 0.374 e. The van der Waals surface area contributed by atoms with Crippen LogP contribution >= 0.6 is 0 Å². The lowest BCUT2D eigenvalue weighted by atomic mass is 10.0. The lowest BCUT2D eigenvalue weighted by Gasteiger charge is -2.20. The maximum Gasteiger partial charge on any atom is 0.374 e. The maximum atomic E-state index is 12.3. The number of benzene rings is 1. The molecule has 2 atom stereocenters. The minimum absolute atomic E-state index is 0.105. The van der Waals surface area contributed by atoms with Crippen molar-refractivity contribution in [2.24, 2.45) is 0 Å². The zero-order chi connectivity index (χ0) is 19.5. The number of ketones is 1. The molecule has 26 heavy (non-hydrogen) atoms. The SMILES string of the molecule is CC[C@@H](CC(=O)NC(CC(=O)C(=O)OC)Cc1ccccc1)NC(C)=O. The number of Topliss-reactive ketones (excluding diaryl/α,β-unsaturated/α-hetero) is 1. The molecule has 0 aliphatic carbocycles. The molecule has 0 aliphatic heterocycles. The number of ether oxygens (including phenoxy) is 1. The zero-order valence-corrected chi connectivity index (χ0v) is 15.4. The molecule has 7 heteroatoms. The van der Waals surface area contributed by atoms with E-state index in [1.165, 1.54) is 6.92 Å². The second kappa shape index (κ2) is 11.0. The Morgan fingerprint density at radius 1 is 1.00 bits per heavy atom. The van der Waals surface area contributed by atoms with Gasteiger partial charge in [-0.05, 0) is 18.4 Å². The van der Waals surface area contributed by atoms with Gasteiger partial charge in [0.1, 0.15) is 0 Å². The lowest BCUT2D eigenvalue weighted by molar-refractivity contribution is -0.152. The first-order valence-corrected chi connectivity index (χ1v) is 8.57. The molecule has 1 aromatic carbocycles. The molecule has 2 amide bonds. The molecule has 0 spiro atoms. The van der Waals surface area contributed by atoms with Gasteiger partial charge in [-0.1, -0.05) is 37.3 Å². The standard InChI is InChI=1S/C19H26N2O5/c1-4-15(20-13(2)22)12-18(24)21-16(11-17(23)19(25)26-3)10-14-8-6-5-7-9-14/h5-9,15-16H,4,10-12H2,1-3H3,(H,20,22)(H,21,24)/t15-,16?/m0/s1. The van der Waals surface area contributed by atoms with Crippen LogP contribution in [-0.4, -0.2) is 42.8 Å². The van der Waals surface area contributed by atoms with Crippen LogP contribution < -0.4 is 10.6 Å². The number of hydrogen-bond acceptors (Lipinski definition) is 5. The number of hydrogen-bond donors (Lipinski definition) is 2. The van der Waals surface area contributed by atoms with Crippen molar-refractivity contribution >= 4 is 23.6 Å². The van der Waals surface area contributed by atoms with Crippen molar-refractivity contribution in [1.82, 2.24) is 10.6 Å². The molecule has 0 aliphatic rings. The van der Waals surface area contributed by atoms with E-state index in [9.17, 15) is 19.2 Å². The van der Waals surface area contributed by atoms with E-state index in [0.717, 1.165) is 12.7 Å². The molecule has 142 valence electrons. The lowest BCUT2D eigenvalue weighted by Crippen LogP contribution is -2.43. The van der Waals surface area contributed by atoms with Crippen LogP contribution in [0.2, 0.25) is 0 Å². The molecule has 7 nitrogen and oxygen atoms in total. The number of rotatable bonds is 10. The molecule has 0 saturated carbocycles. The average Bonchev–Trinajstić information content (AvgIpc) is 2.60. The fourth-order valence-corrected chi connectivity index (χ4v) is 2.59. The van der Waals surface area contributed by atoms with E-state index >= 15 is 0 Å². The third kappa shape index (κ3) is 7.92. The molecular formula is C19H26N2O5. The molecule has 0 heterocycles. The second-order valence-corrected chi connectivity index (χ2v) is 6.08. The Kier molecular flexibility index (Phi) is 9.05. The van der Waals surface area contributed by atoms with Crippen molar-refractivity contribution in [1.29, 1.82) is 0 Å². The highest BCUT2D eigenvalue weighted by Gasteiger charge is 2.23. The van der Waals surface area contributed by atoms with E-state index in [1.54, 1.807) is 0 Å². The molecular weight excluding hydrogens is 336 g/mol. The van der Waals surface area contributed by atoms with Crippen LogP contribution in [0.3, 0.4) is 0 Å². The Hall–Kier alpha value is -2.70. The van der Waals surface area contributed by atoms with Crippen LogP contribution in [0.25, 0.3) is 0 Å². The zero-order valence-electron chi connectivity index (χ0n) is 15.4. The molecule has 0 aromatic heterocycles. The summed E-state index contributed by atoms with van der Waals surface area (Å²) >= 11 is 0. The van der Waals surface area contributed by atoms with Crippen LogP contribution in [0.15, 0.2) is 30.3 Å². The highest BCUT2D eigenvalue weighted by atomic mass is 16.5. The quantitative estimate of drug-likeness (QED) is 0.480. The Balaban J connectivity index is 2.76. The number of amides is 2. The van der Waals surface area contributed by atoms with Gasteiger partial charge >= 0.3 is 5.97 Å². The van der Waals surface area contributed by atoms with E-state index in [-0.39, 0.29) is 30.7 Å². The van der Waals surface area contributed by atoms with E-state index in [1.807, 2.05) is 37.3 Å². The van der Waals surface area contributed by atoms with Gasteiger partial charge in [0.05, 0.1) is 7.11 Å². The van der Waals surface area contributed by atoms with Gasteiger partial charge in [0.25, 0.3) is 0 Å². The largest absolute Gasteiger partial charge is 0.463 e. The molecule has 0 saturated heterocycles. The van der Waals surface area contributed by atoms with Crippen molar-refractivity contribution in [3.63, 3.8) is 0 Å². The van der Waals surface area contributed by atoms with E-state index < -0.39 is 17.8 Å². The first-order valence-electron chi connectivity index (χ1n) is 8.57. The topological polar surface area (TPSA) is 102 Å². The number of carbonyl (C=O) groups is 4. The normalized spacial score (nSPS) is 12.6. The summed E-state index contributed by atoms with van der Waals surface area (Å²) in [4.78, 5) is 46.8. The molecule has 2 N–H and O–H groups in total. The maximum absolute atomic E-state index is 12.3. The number of esters is 1. The Bertz CT molecular complexity index is 630. The highest BCUT2D eigenvalue weighted by Crippen LogP contribution is 2.08. The summed E-state index contributed by atoms with van der Waals surface area (Å²) in [5.41, 5.74) is 0.935. The minimum atomic E-state index is -0.929. The van der Waals surface area contributed by atoms with E-state index in [4.69, 9.17) is 0 Å². The van der Waals surface area contributed by atoms with Crippen LogP contribution in [0.5, 0.6) is 0 Å². The monoisotopic (exact) mass is 362 g/mol. The Morgan fingerprint density at radius 2 is 1.65 bits per heavy atom. The van der Waals surface area contributed by atoms with Gasteiger partial charge in [-0.15, -0.1) is 0 Å². The van der Waals surface area contributed by atoms with E-state index in [2.05, 4.69) is 15.4 Å². The summed E-state index contributed by atoms with van der Waals surface area (Å²) in [5, 5.41) is 5.51. The first kappa shape index (κ1) is 21.3. The van der Waals surface area contributed by atoms with E-state index in [0.29, 0.717) is 12.8 Å². The molecule has 0 radical (unpaired) electrons. The highest BCUT2D eigenvalue weighted by molar-refractivity contribution is 6.33. The Labute approximate surface area is 153 Å². The minimum Gasteiger partial charge on any atom is -0.463 e. The Morgan fingerprint density at radius 3 is 2.19 bits per heavy atom. The van der Waals surface area contributed by atoms with Gasteiger partial charge in [-0.25, -0.2) is 4.79 Å². The molecule has 0 fully saturated rings. The van der Waals surface area contributed by atoms with Crippen LogP contribution in [-0.2, 0) is 30.3 Å². The van der Waals surface area contributed by atoms with Crippen LogP contribution in [0.1, 0.15) is 38.7 Å². The predicted molar refractivity (Wildman–Crippen MR) is 96.2 cm³/mol. The summed E-state index contributed by atoms with van der Waals surface area (Å²) in [7, 11) is 1.14. The van der Waals surface area contributed by atoms with Gasteiger partial charge in [0, 0.05) is 31.8 Å². The fourth-order valence-electron chi connectivity index (χ4n) is 2.59. The third-order valence-corrected chi connectivity index (χ3v) is 3.87. The van der Waals surface area contributed by atoms with Crippen LogP contribution in [0, 0.1) is 0 Å². The number of methoxy groups -OCH3 is 1. The van der Waals surface area contributed by atoms with Crippen molar-refractivity contribution < 1.29 is 23.9 Å². The van der Waals surface area contributed by atoms with Crippen LogP contribution in [0.4, 0.5) is 0 Å². The van der Waals surface area contributed by atoms with Crippen molar-refractivity contribution in [3.8, 4) is 0 Å². The molecule has 1 rings (SSSR count). The van der Waals surface area contributed by atoms with Crippen molar-refractivity contribution in [2.45, 2.75) is 51.6 Å². The first-order chi connectivity index (χ1) is 12.3. The predicted octanol–water partition coefficient (Wildman–Crippen LogP) is 1.15. The van der Waals surface area contributed by atoms with Gasteiger partial charge < -0.3 is 15.4 Å². The number of nitrogens with one attached hydrogen (secondary N) is 2. The molecule has 0 bridgehead atoms. The van der Waals surface area contributed by atoms with Crippen molar-refractivity contribution in [3.05, 3.63) is 35.9 Å². The molecule has 1 aromatic rings. The van der Waals surface area contributed by atoms with Gasteiger partial charge in [0.2, 0.25) is 17.6 Å². The summed E-state index contributed by atoms with van der Waals surface area (Å²) in [6, 6.07) is 8.55. The van der Waals surface area contributed by atoms with Gasteiger partial charge in [0.15, 0.2) is 0 Å². The van der Waals surface area contributed by atoms with Crippen molar-refractivity contribution in [2.75, 3.05) is 7.11 Å². The van der Waals surface area contributed by atoms with Gasteiger partial charge in [-0.2, -0.15) is 0 Å². The average molecular weight is 362 g/mol. The third-order valence-electron chi connectivity index (χ3n) is 3.87. The summed E-state index contributed by atoms with van der Waals surface area (Å²) in [5.74, 6) is -2.11. The number of carbonyl (C=O) groups excluding carboxylic acids is 4. The summed E-state index contributed by atoms with van der Waals surface area (Å²) in [6.45, 7) is 3.27. The molecule has 1 unspecified atom stereocenters. The fraction of sp³-hybridized carbons (Fsp3) is 0.474. The van der Waals surface area contributed by atoms with Gasteiger partial charge in [-0.3, -0.25) is 14.4 Å². The summed E-state index contributed by atoms with van der Waals surface area (Å²) in [6.07, 6.45) is 0.974. The second-order valence-electron chi connectivity index (χ2n) is 6.08.